The molecule has 1 atom stereocenters. The molecule has 4 aromatic rings. The van der Waals surface area contributed by atoms with Crippen molar-refractivity contribution in [1.29, 1.82) is 0 Å². The molecule has 0 saturated carbocycles. The van der Waals surface area contributed by atoms with Crippen molar-refractivity contribution in [3.8, 4) is 11.1 Å². The van der Waals surface area contributed by atoms with E-state index in [2.05, 4.69) is 50.1 Å². The zero-order valence-corrected chi connectivity index (χ0v) is 28.8. The number of hydrogen-bond donors (Lipinski definition) is 2. The molecule has 3 aliphatic heterocycles. The molecular formula is C37H43N9O4. The van der Waals surface area contributed by atoms with Gasteiger partial charge in [-0.25, -0.2) is 15.0 Å². The highest BCUT2D eigenvalue weighted by molar-refractivity contribution is 6.06. The fourth-order valence-corrected chi connectivity index (χ4v) is 7.96. The number of aryl methyl sites for hydroxylation is 1. The van der Waals surface area contributed by atoms with Gasteiger partial charge in [-0.05, 0) is 47.6 Å². The van der Waals surface area contributed by atoms with Crippen LogP contribution in [0.5, 0.6) is 0 Å². The van der Waals surface area contributed by atoms with Crippen LogP contribution in [0.1, 0.15) is 41.2 Å². The van der Waals surface area contributed by atoms with Gasteiger partial charge in [-0.15, -0.1) is 6.58 Å². The van der Waals surface area contributed by atoms with Crippen molar-refractivity contribution in [1.82, 2.24) is 29.0 Å². The number of aliphatic hydroxyl groups excluding tert-OH is 1. The number of fused-ring (bicyclic) bond motifs is 3. The third-order valence-corrected chi connectivity index (χ3v) is 10.6. The van der Waals surface area contributed by atoms with Gasteiger partial charge in [0.15, 0.2) is 0 Å². The van der Waals surface area contributed by atoms with Crippen molar-refractivity contribution in [2.75, 3.05) is 54.5 Å². The molecule has 0 radical (unpaired) electrons. The molecule has 50 heavy (non-hydrogen) atoms. The molecule has 4 aliphatic rings. The Morgan fingerprint density at radius 2 is 1.92 bits per heavy atom. The maximum atomic E-state index is 13.9. The lowest BCUT2D eigenvalue weighted by Gasteiger charge is -2.46. The van der Waals surface area contributed by atoms with Crippen LogP contribution < -0.4 is 20.7 Å². The summed E-state index contributed by atoms with van der Waals surface area (Å²) < 4.78 is 9.04. The molecule has 1 unspecified atom stereocenters. The fourth-order valence-electron chi connectivity index (χ4n) is 7.96. The van der Waals surface area contributed by atoms with Gasteiger partial charge in [0.25, 0.3) is 11.5 Å². The van der Waals surface area contributed by atoms with Gasteiger partial charge in [0.1, 0.15) is 28.8 Å². The minimum atomic E-state index is -0.332. The third kappa shape index (κ3) is 5.59. The number of aromatic nitrogens is 5. The van der Waals surface area contributed by atoms with E-state index in [1.54, 1.807) is 48.9 Å². The lowest BCUT2D eigenvalue weighted by atomic mass is 9.90. The number of aliphatic hydroxyl groups is 1. The van der Waals surface area contributed by atoms with E-state index in [9.17, 15) is 14.7 Å². The first-order valence-corrected chi connectivity index (χ1v) is 17.3. The zero-order chi connectivity index (χ0) is 34.7. The number of piperazine rings is 1. The fraction of sp³-hybridized carbons (Fsp3) is 0.432. The average Bonchev–Trinajstić information content (AvgIpc) is 3.58. The molecule has 2 fully saturated rings. The van der Waals surface area contributed by atoms with Gasteiger partial charge in [0.2, 0.25) is 0 Å². The normalized spacial score (nSPS) is 20.4. The van der Waals surface area contributed by atoms with Crippen molar-refractivity contribution in [3.63, 3.8) is 0 Å². The number of pyridine rings is 2. The molecule has 1 aliphatic carbocycles. The summed E-state index contributed by atoms with van der Waals surface area (Å²) in [5.74, 6) is 1.48. The van der Waals surface area contributed by atoms with E-state index in [-0.39, 0.29) is 29.5 Å². The van der Waals surface area contributed by atoms with Gasteiger partial charge in [0, 0.05) is 69.0 Å². The number of ether oxygens (including phenoxy) is 1. The van der Waals surface area contributed by atoms with Crippen LogP contribution >= 0.6 is 0 Å². The van der Waals surface area contributed by atoms with Gasteiger partial charge in [0.05, 0.1) is 44.3 Å². The Bertz CT molecular complexity index is 2030. The molecule has 0 spiro atoms. The van der Waals surface area contributed by atoms with Crippen LogP contribution in [0.3, 0.4) is 0 Å². The van der Waals surface area contributed by atoms with Crippen molar-refractivity contribution in [2.24, 2.45) is 12.5 Å². The van der Waals surface area contributed by atoms with Crippen LogP contribution in [0, 0.1) is 5.41 Å². The highest BCUT2D eigenvalue weighted by Gasteiger charge is 2.38. The molecule has 8 rings (SSSR count). The molecule has 0 aromatic carbocycles. The highest BCUT2D eigenvalue weighted by Crippen LogP contribution is 2.40. The molecule has 2 saturated heterocycles. The molecule has 2 N–H and O–H groups in total. The van der Waals surface area contributed by atoms with Gasteiger partial charge in [-0.2, -0.15) is 0 Å². The molecule has 7 heterocycles. The Kier molecular flexibility index (Phi) is 8.08. The monoisotopic (exact) mass is 677 g/mol. The van der Waals surface area contributed by atoms with Crippen molar-refractivity contribution >= 4 is 29.0 Å². The molecule has 13 nitrogen and oxygen atoms in total. The number of nitrogens with one attached hydrogen (secondary N) is 1. The summed E-state index contributed by atoms with van der Waals surface area (Å²) in [6.45, 7) is 13.5. The van der Waals surface area contributed by atoms with Gasteiger partial charge >= 0.3 is 0 Å². The first-order chi connectivity index (χ1) is 24.1. The average molecular weight is 678 g/mol. The zero-order valence-electron chi connectivity index (χ0n) is 28.8. The van der Waals surface area contributed by atoms with E-state index < -0.39 is 0 Å². The Morgan fingerprint density at radius 3 is 2.64 bits per heavy atom. The lowest BCUT2D eigenvalue weighted by Crippen LogP contribution is -2.60. The largest absolute Gasteiger partial charge is 0.392 e. The minimum absolute atomic E-state index is 0.103. The van der Waals surface area contributed by atoms with Crippen LogP contribution in [-0.2, 0) is 37.8 Å². The second-order valence-electron chi connectivity index (χ2n) is 14.6. The predicted molar refractivity (Wildman–Crippen MR) is 191 cm³/mol. The van der Waals surface area contributed by atoms with E-state index in [1.807, 2.05) is 12.1 Å². The van der Waals surface area contributed by atoms with Gasteiger partial charge < -0.3 is 29.2 Å². The Balaban J connectivity index is 1.04. The van der Waals surface area contributed by atoms with Crippen molar-refractivity contribution in [3.05, 3.63) is 88.5 Å². The summed E-state index contributed by atoms with van der Waals surface area (Å²) in [4.78, 5) is 47.4. The van der Waals surface area contributed by atoms with Crippen LogP contribution in [0.2, 0.25) is 0 Å². The highest BCUT2D eigenvalue weighted by atomic mass is 16.5. The SMILES string of the molecule is C=CC1CN(C2COC2)CCN1c1cnc(Nc2cc(-c3ccnc(N4CCn5c(cc6c5CC(C)(C)C6)C4=O)c3CO)cn(C)c2=O)cn1. The Morgan fingerprint density at radius 1 is 1.08 bits per heavy atom. The molecule has 260 valence electrons. The molecular weight excluding hydrogens is 634 g/mol. The van der Waals surface area contributed by atoms with E-state index in [0.717, 1.165) is 51.5 Å². The minimum Gasteiger partial charge on any atom is -0.392 e. The summed E-state index contributed by atoms with van der Waals surface area (Å²) in [5, 5.41) is 13.8. The molecule has 0 bridgehead atoms. The third-order valence-electron chi connectivity index (χ3n) is 10.6. The second-order valence-corrected chi connectivity index (χ2v) is 14.6. The Hall–Kier alpha value is -4.85. The van der Waals surface area contributed by atoms with Crippen LogP contribution in [0.25, 0.3) is 11.1 Å². The maximum Gasteiger partial charge on any atom is 0.276 e. The van der Waals surface area contributed by atoms with Crippen LogP contribution in [0.4, 0.5) is 23.1 Å². The standard InChI is InChI=1S/C37H43N9O4/c1-5-25-19-43(26-21-50-22-26)8-9-44(25)33-17-39-32(16-40-33)41-29-12-24(18-42(4)35(29)48)27-6-7-38-34(28(27)20-47)46-11-10-45-30(36(46)49)13-23-14-37(2,3)15-31(23)45/h5-7,12-13,16-18,25-26,47H,1,8-11,14-15,19-22H2,2-4H3,(H,39,41). The number of carbonyl (C=O) groups is 1. The van der Waals surface area contributed by atoms with E-state index >= 15 is 0 Å². The number of hydrogen-bond acceptors (Lipinski definition) is 10. The number of nitrogens with zero attached hydrogens (tertiary/aromatic N) is 8. The maximum absolute atomic E-state index is 13.9. The van der Waals surface area contributed by atoms with Gasteiger partial charge in [-0.3, -0.25) is 19.4 Å². The lowest BCUT2D eigenvalue weighted by molar-refractivity contribution is -0.0683. The summed E-state index contributed by atoms with van der Waals surface area (Å²) in [6, 6.07) is 6.14. The summed E-state index contributed by atoms with van der Waals surface area (Å²) in [5.41, 5.74) is 5.30. The van der Waals surface area contributed by atoms with Crippen LogP contribution in [-0.4, -0.2) is 91.5 Å². The summed E-state index contributed by atoms with van der Waals surface area (Å²) in [7, 11) is 1.68. The summed E-state index contributed by atoms with van der Waals surface area (Å²) in [6.07, 6.45) is 10.6. The van der Waals surface area contributed by atoms with E-state index in [1.165, 1.54) is 15.8 Å². The molecule has 4 aromatic heterocycles. The quantitative estimate of drug-likeness (QED) is 0.268. The number of amides is 1. The topological polar surface area (TPSA) is 134 Å². The van der Waals surface area contributed by atoms with Gasteiger partial charge in [-0.1, -0.05) is 19.9 Å². The molecule has 13 heteroatoms. The van der Waals surface area contributed by atoms with Crippen molar-refractivity contribution < 1.29 is 14.6 Å². The number of rotatable bonds is 8. The van der Waals surface area contributed by atoms with E-state index in [0.29, 0.717) is 58.8 Å². The summed E-state index contributed by atoms with van der Waals surface area (Å²) >= 11 is 0. The number of anilines is 4. The van der Waals surface area contributed by atoms with Crippen LogP contribution in [0.15, 0.2) is 60.4 Å². The predicted octanol–water partition coefficient (Wildman–Crippen LogP) is 3.14. The molecule has 1 amide bonds. The first kappa shape index (κ1) is 32.4. The second kappa shape index (κ2) is 12.5. The van der Waals surface area contributed by atoms with E-state index in [4.69, 9.17) is 9.72 Å². The van der Waals surface area contributed by atoms with Crippen molar-refractivity contribution in [2.45, 2.75) is 51.9 Å². The smallest absolute Gasteiger partial charge is 0.276 e. The number of carbonyl (C=O) groups excluding carboxylic acids is 1. The first-order valence-electron chi connectivity index (χ1n) is 17.3. The Labute approximate surface area is 290 Å².